The maximum atomic E-state index is 13.3. The summed E-state index contributed by atoms with van der Waals surface area (Å²) in [4.78, 5) is 22.5. The van der Waals surface area contributed by atoms with Crippen LogP contribution >= 0.6 is 0 Å². The van der Waals surface area contributed by atoms with Gasteiger partial charge in [0.1, 0.15) is 5.82 Å². The lowest BCUT2D eigenvalue weighted by atomic mass is 10.0. The van der Waals surface area contributed by atoms with Gasteiger partial charge in [0.15, 0.2) is 0 Å². The highest BCUT2D eigenvalue weighted by Crippen LogP contribution is 2.25. The van der Waals surface area contributed by atoms with Crippen molar-refractivity contribution in [3.8, 4) is 11.1 Å². The first kappa shape index (κ1) is 14.7. The van der Waals surface area contributed by atoms with Crippen molar-refractivity contribution in [1.82, 2.24) is 4.57 Å². The van der Waals surface area contributed by atoms with E-state index < -0.39 is 11.9 Å². The summed E-state index contributed by atoms with van der Waals surface area (Å²) in [5, 5.41) is 9.39. The van der Waals surface area contributed by atoms with E-state index in [1.165, 1.54) is 16.7 Å². The fraction of sp³-hybridized carbons (Fsp3) is 0. The summed E-state index contributed by atoms with van der Waals surface area (Å²) in [6.45, 7) is 0. The summed E-state index contributed by atoms with van der Waals surface area (Å²) in [6.07, 6.45) is 3.38. The zero-order chi connectivity index (χ0) is 16.4. The molecule has 1 aromatic heterocycles. The first-order chi connectivity index (χ1) is 11.0. The molecule has 1 N–H and O–H groups in total. The Morgan fingerprint density at radius 3 is 2.52 bits per heavy atom. The number of carbonyl (C=O) groups is 2. The molecule has 0 saturated carbocycles. The number of carboxylic acid groups (broad SMARTS) is 1. The number of halogens is 1. The van der Waals surface area contributed by atoms with Crippen molar-refractivity contribution < 1.29 is 19.1 Å². The van der Waals surface area contributed by atoms with Crippen molar-refractivity contribution in [2.75, 3.05) is 0 Å². The number of nitrogens with zero attached hydrogens (tertiary/aromatic N) is 1. The number of carbonyl (C=O) groups excluding carboxylic acids is 1. The number of allylic oxidation sites excluding steroid dienone is 1. The fourth-order valence-electron chi connectivity index (χ4n) is 2.41. The predicted octanol–water partition coefficient (Wildman–Crippen LogP) is 3.73. The Morgan fingerprint density at radius 1 is 1.00 bits per heavy atom. The zero-order valence-electron chi connectivity index (χ0n) is 11.9. The first-order valence-electron chi connectivity index (χ1n) is 6.87. The van der Waals surface area contributed by atoms with E-state index in [1.54, 1.807) is 30.5 Å². The molecule has 0 spiro atoms. The Hall–Kier alpha value is -3.21. The van der Waals surface area contributed by atoms with E-state index in [9.17, 15) is 14.0 Å². The third kappa shape index (κ3) is 3.03. The maximum absolute atomic E-state index is 13.3. The Labute approximate surface area is 131 Å². The molecule has 0 aliphatic rings. The van der Waals surface area contributed by atoms with Crippen molar-refractivity contribution >= 4 is 22.8 Å². The van der Waals surface area contributed by atoms with E-state index in [2.05, 4.69) is 0 Å². The van der Waals surface area contributed by atoms with Gasteiger partial charge >= 0.3 is 5.97 Å². The number of aromatic nitrogens is 1. The van der Waals surface area contributed by atoms with Gasteiger partial charge in [0, 0.05) is 23.7 Å². The van der Waals surface area contributed by atoms with Crippen LogP contribution in [0.4, 0.5) is 4.39 Å². The Kier molecular flexibility index (Phi) is 3.76. The first-order valence-corrected chi connectivity index (χ1v) is 6.87. The summed E-state index contributed by atoms with van der Waals surface area (Å²) in [5.74, 6) is -1.93. The van der Waals surface area contributed by atoms with E-state index >= 15 is 0 Å². The topological polar surface area (TPSA) is 59.3 Å². The molecule has 0 fully saturated rings. The van der Waals surface area contributed by atoms with E-state index in [-0.39, 0.29) is 5.82 Å². The molecule has 5 heteroatoms. The molecular weight excluding hydrogens is 297 g/mol. The SMILES string of the molecule is O=C(O)/C=C/C(=O)n1ccc2cc(-c3cccc(F)c3)ccc21. The number of rotatable bonds is 3. The monoisotopic (exact) mass is 309 g/mol. The molecule has 4 nitrogen and oxygen atoms in total. The average Bonchev–Trinajstić information content (AvgIpc) is 2.95. The molecule has 0 amide bonds. The normalized spacial score (nSPS) is 11.2. The largest absolute Gasteiger partial charge is 0.478 e. The van der Waals surface area contributed by atoms with E-state index in [0.29, 0.717) is 5.52 Å². The Bertz CT molecular complexity index is 940. The number of benzene rings is 2. The minimum atomic E-state index is -1.18. The molecule has 0 atom stereocenters. The van der Waals surface area contributed by atoms with Gasteiger partial charge in [0.05, 0.1) is 5.52 Å². The summed E-state index contributed by atoms with van der Waals surface area (Å²) < 4.78 is 14.7. The third-order valence-electron chi connectivity index (χ3n) is 3.45. The summed E-state index contributed by atoms with van der Waals surface area (Å²) in [7, 11) is 0. The van der Waals surface area contributed by atoms with Gasteiger partial charge in [-0.15, -0.1) is 0 Å². The summed E-state index contributed by atoms with van der Waals surface area (Å²) >= 11 is 0. The van der Waals surface area contributed by atoms with Crippen LogP contribution in [0.15, 0.2) is 66.9 Å². The molecule has 3 rings (SSSR count). The summed E-state index contributed by atoms with van der Waals surface area (Å²) in [6, 6.07) is 13.4. The van der Waals surface area contributed by atoms with Crippen molar-refractivity contribution in [3.05, 3.63) is 72.7 Å². The standard InChI is InChI=1S/C18H12FNO3/c19-15-3-1-2-12(11-15)13-4-5-16-14(10-13)8-9-20(16)17(21)6-7-18(22)23/h1-11H,(H,22,23)/b7-6+. The van der Waals surface area contributed by atoms with Crippen molar-refractivity contribution in [3.63, 3.8) is 0 Å². The molecule has 3 aromatic rings. The zero-order valence-corrected chi connectivity index (χ0v) is 11.9. The molecule has 0 aliphatic heterocycles. The molecule has 0 bridgehead atoms. The second-order valence-electron chi connectivity index (χ2n) is 4.98. The van der Waals surface area contributed by atoms with Crippen LogP contribution in [0.1, 0.15) is 4.79 Å². The number of hydrogen-bond donors (Lipinski definition) is 1. The lowest BCUT2D eigenvalue weighted by Gasteiger charge is -2.04. The molecule has 0 saturated heterocycles. The molecule has 0 aliphatic carbocycles. The number of aliphatic carboxylic acids is 1. The van der Waals surface area contributed by atoms with Crippen LogP contribution in [0.25, 0.3) is 22.0 Å². The average molecular weight is 309 g/mol. The van der Waals surface area contributed by atoms with Crippen LogP contribution < -0.4 is 0 Å². The Morgan fingerprint density at radius 2 is 1.78 bits per heavy atom. The number of fused-ring (bicyclic) bond motifs is 1. The van der Waals surface area contributed by atoms with Crippen LogP contribution in [0.5, 0.6) is 0 Å². The molecule has 0 radical (unpaired) electrons. The van der Waals surface area contributed by atoms with Crippen molar-refractivity contribution in [2.45, 2.75) is 0 Å². The lowest BCUT2D eigenvalue weighted by Crippen LogP contribution is -2.06. The van der Waals surface area contributed by atoms with Crippen molar-refractivity contribution in [2.24, 2.45) is 0 Å². The molecular formula is C18H12FNO3. The highest BCUT2D eigenvalue weighted by Gasteiger charge is 2.08. The third-order valence-corrected chi connectivity index (χ3v) is 3.45. The lowest BCUT2D eigenvalue weighted by molar-refractivity contribution is -0.131. The minimum absolute atomic E-state index is 0.311. The quantitative estimate of drug-likeness (QED) is 0.750. The van der Waals surface area contributed by atoms with Crippen LogP contribution in [0.3, 0.4) is 0 Å². The number of hydrogen-bond acceptors (Lipinski definition) is 2. The molecule has 23 heavy (non-hydrogen) atoms. The van der Waals surface area contributed by atoms with Gasteiger partial charge < -0.3 is 5.11 Å². The van der Waals surface area contributed by atoms with E-state index in [1.807, 2.05) is 12.1 Å². The van der Waals surface area contributed by atoms with Crippen LogP contribution in [0.2, 0.25) is 0 Å². The Balaban J connectivity index is 2.00. The number of carboxylic acids is 1. The van der Waals surface area contributed by atoms with Gasteiger partial charge in [-0.1, -0.05) is 18.2 Å². The van der Waals surface area contributed by atoms with Crippen LogP contribution in [-0.2, 0) is 4.79 Å². The predicted molar refractivity (Wildman–Crippen MR) is 84.7 cm³/mol. The summed E-state index contributed by atoms with van der Waals surface area (Å²) in [5.41, 5.74) is 2.24. The van der Waals surface area contributed by atoms with E-state index in [4.69, 9.17) is 5.11 Å². The molecule has 0 unspecified atom stereocenters. The molecule has 2 aromatic carbocycles. The van der Waals surface area contributed by atoms with Crippen LogP contribution in [-0.4, -0.2) is 21.6 Å². The smallest absolute Gasteiger partial charge is 0.328 e. The van der Waals surface area contributed by atoms with Gasteiger partial charge in [0.25, 0.3) is 5.91 Å². The molecule has 114 valence electrons. The molecule has 1 heterocycles. The second-order valence-corrected chi connectivity index (χ2v) is 4.98. The van der Waals surface area contributed by atoms with Gasteiger partial charge in [-0.25, -0.2) is 9.18 Å². The fourth-order valence-corrected chi connectivity index (χ4v) is 2.41. The van der Waals surface area contributed by atoms with Gasteiger partial charge in [-0.3, -0.25) is 9.36 Å². The minimum Gasteiger partial charge on any atom is -0.478 e. The van der Waals surface area contributed by atoms with Crippen molar-refractivity contribution in [1.29, 1.82) is 0 Å². The maximum Gasteiger partial charge on any atom is 0.328 e. The van der Waals surface area contributed by atoms with Gasteiger partial charge in [0.2, 0.25) is 0 Å². The highest BCUT2D eigenvalue weighted by molar-refractivity contribution is 6.01. The van der Waals surface area contributed by atoms with Gasteiger partial charge in [-0.2, -0.15) is 0 Å². The second kappa shape index (κ2) is 5.88. The van der Waals surface area contributed by atoms with E-state index in [0.717, 1.165) is 28.7 Å². The van der Waals surface area contributed by atoms with Gasteiger partial charge in [-0.05, 0) is 41.5 Å². The van der Waals surface area contributed by atoms with Crippen LogP contribution in [0, 0.1) is 5.82 Å². The highest BCUT2D eigenvalue weighted by atomic mass is 19.1.